The van der Waals surface area contributed by atoms with E-state index < -0.39 is 17.8 Å². The summed E-state index contributed by atoms with van der Waals surface area (Å²) < 4.78 is 26.7. The quantitative estimate of drug-likeness (QED) is 0.249. The molecule has 11 nitrogen and oxygen atoms in total. The highest BCUT2D eigenvalue weighted by Crippen LogP contribution is 2.46. The van der Waals surface area contributed by atoms with Crippen LogP contribution in [0.2, 0.25) is 0 Å². The van der Waals surface area contributed by atoms with Crippen molar-refractivity contribution in [2.45, 2.75) is 26.3 Å². The summed E-state index contributed by atoms with van der Waals surface area (Å²) in [5.74, 6) is 0.263. The number of aromatic amines is 1. The molecule has 1 atom stereocenters. The van der Waals surface area contributed by atoms with E-state index in [1.807, 2.05) is 13.8 Å². The Morgan fingerprint density at radius 3 is 2.15 bits per heavy atom. The van der Waals surface area contributed by atoms with Crippen molar-refractivity contribution in [3.8, 4) is 23.0 Å². The van der Waals surface area contributed by atoms with Crippen LogP contribution in [-0.2, 0) is 16.0 Å². The molecular weight excluding hydrogens is 542 g/mol. The van der Waals surface area contributed by atoms with Gasteiger partial charge < -0.3 is 38.9 Å². The summed E-state index contributed by atoms with van der Waals surface area (Å²) in [5.41, 5.74) is 2.92. The van der Waals surface area contributed by atoms with E-state index in [4.69, 9.17) is 23.7 Å². The molecule has 3 heterocycles. The average Bonchev–Trinajstić information content (AvgIpc) is 3.71. The Morgan fingerprint density at radius 2 is 1.57 bits per heavy atom. The zero-order valence-electron chi connectivity index (χ0n) is 23.8. The maximum atomic E-state index is 13.7. The predicted molar refractivity (Wildman–Crippen MR) is 153 cm³/mol. The van der Waals surface area contributed by atoms with E-state index in [1.54, 1.807) is 23.1 Å². The molecule has 2 aromatic carbocycles. The first-order valence-corrected chi connectivity index (χ1v) is 13.3. The van der Waals surface area contributed by atoms with E-state index in [0.29, 0.717) is 75.1 Å². The van der Waals surface area contributed by atoms with Crippen LogP contribution in [0.1, 0.15) is 40.3 Å². The summed E-state index contributed by atoms with van der Waals surface area (Å²) >= 11 is 4.64. The Hall–Kier alpha value is -4.12. The number of Topliss-reactive ketones (excluding diaryl/α,β-unsaturated/α-hetero) is 1. The van der Waals surface area contributed by atoms with Crippen molar-refractivity contribution in [3.63, 3.8) is 0 Å². The molecule has 1 amide bonds. The topological polar surface area (TPSA) is 128 Å². The maximum absolute atomic E-state index is 13.7. The molecule has 0 bridgehead atoms. The van der Waals surface area contributed by atoms with Gasteiger partial charge in [0.05, 0.1) is 58.0 Å². The monoisotopic (exact) mass is 575 g/mol. The number of ketones is 1. The lowest BCUT2D eigenvalue weighted by atomic mass is 9.99. The number of fused-ring (bicyclic) bond motifs is 4. The number of amides is 1. The van der Waals surface area contributed by atoms with Crippen LogP contribution in [0.25, 0.3) is 10.9 Å². The molecular formula is C28H34ClN3O8. The Labute approximate surface area is 237 Å². The third-order valence-electron chi connectivity index (χ3n) is 6.60. The summed E-state index contributed by atoms with van der Waals surface area (Å²) in [7, 11) is 7.23. The fourth-order valence-corrected chi connectivity index (χ4v) is 4.95. The second kappa shape index (κ2) is 12.8. The van der Waals surface area contributed by atoms with Crippen LogP contribution < -0.4 is 29.2 Å². The predicted octanol–water partition coefficient (Wildman–Crippen LogP) is 4.44. The standard InChI is InChI=1S/C25H25N3O8.C2H6.CH3Cl/c1-32-15-10-14-12(17-19(15)27-20(21(17)29)25(31)36-5)6-7-28(14)24(30)13-8-11-9-16(33-2)22(34-3)23(35-4)18(11)26-13;2*1-2/h8-10,20,26-27H,6-7H2,1-5H3;1-2H3;1H3. The van der Waals surface area contributed by atoms with Crippen LogP contribution in [0, 0.1) is 0 Å². The number of anilines is 2. The Kier molecular flexibility index (Phi) is 9.75. The number of hydrogen-bond acceptors (Lipinski definition) is 9. The summed E-state index contributed by atoms with van der Waals surface area (Å²) in [6.45, 7) is 4.35. The van der Waals surface area contributed by atoms with Crippen LogP contribution >= 0.6 is 11.6 Å². The molecule has 0 radical (unpaired) electrons. The number of carbonyl (C=O) groups is 3. The number of ether oxygens (including phenoxy) is 5. The highest BCUT2D eigenvalue weighted by Gasteiger charge is 2.43. The molecule has 2 aliphatic heterocycles. The van der Waals surface area contributed by atoms with Gasteiger partial charge in [-0.1, -0.05) is 13.8 Å². The molecule has 0 fully saturated rings. The van der Waals surface area contributed by atoms with Crippen LogP contribution in [-0.4, -0.2) is 77.2 Å². The SMILES string of the molecule is CC.CCl.COC(=O)C1Nc2c(OC)cc3c(c2C1=O)CCN3C(=O)c1cc2cc(OC)c(OC)c(OC)c2[nH]1. The van der Waals surface area contributed by atoms with Gasteiger partial charge >= 0.3 is 5.97 Å². The lowest BCUT2D eigenvalue weighted by Gasteiger charge is -2.18. The number of halogens is 1. The zero-order valence-corrected chi connectivity index (χ0v) is 24.6. The Morgan fingerprint density at radius 1 is 0.925 bits per heavy atom. The van der Waals surface area contributed by atoms with Gasteiger partial charge in [0.2, 0.25) is 5.75 Å². The van der Waals surface area contributed by atoms with E-state index in [2.05, 4.69) is 21.9 Å². The number of rotatable bonds is 6. The second-order valence-corrected chi connectivity index (χ2v) is 8.29. The minimum absolute atomic E-state index is 0.296. The molecule has 1 aromatic heterocycles. The van der Waals surface area contributed by atoms with Crippen LogP contribution in [0.5, 0.6) is 23.0 Å². The number of benzene rings is 2. The minimum Gasteiger partial charge on any atom is -0.494 e. The Balaban J connectivity index is 0.00000106. The number of methoxy groups -OCH3 is 5. The van der Waals surface area contributed by atoms with Crippen LogP contribution in [0.3, 0.4) is 0 Å². The van der Waals surface area contributed by atoms with Gasteiger partial charge in [-0.15, -0.1) is 11.6 Å². The van der Waals surface area contributed by atoms with Crippen LogP contribution in [0.4, 0.5) is 11.4 Å². The number of hydrogen-bond donors (Lipinski definition) is 2. The van der Waals surface area contributed by atoms with Crippen molar-refractivity contribution in [3.05, 3.63) is 35.0 Å². The molecule has 2 N–H and O–H groups in total. The molecule has 0 saturated heterocycles. The summed E-state index contributed by atoms with van der Waals surface area (Å²) in [4.78, 5) is 43.6. The smallest absolute Gasteiger partial charge is 0.336 e. The molecule has 3 aromatic rings. The number of H-pyrrole nitrogens is 1. The number of esters is 1. The molecule has 216 valence electrons. The van der Waals surface area contributed by atoms with Crippen LogP contribution in [0.15, 0.2) is 18.2 Å². The van der Waals surface area contributed by atoms with E-state index in [-0.39, 0.29) is 5.91 Å². The van der Waals surface area contributed by atoms with Gasteiger partial charge in [0.25, 0.3) is 5.91 Å². The van der Waals surface area contributed by atoms with Gasteiger partial charge in [-0.25, -0.2) is 4.79 Å². The lowest BCUT2D eigenvalue weighted by Crippen LogP contribution is -2.33. The van der Waals surface area contributed by atoms with E-state index in [0.717, 1.165) is 0 Å². The summed E-state index contributed by atoms with van der Waals surface area (Å²) in [5, 5.41) is 3.62. The average molecular weight is 576 g/mol. The highest BCUT2D eigenvalue weighted by molar-refractivity contribution is 6.23. The van der Waals surface area contributed by atoms with Crippen molar-refractivity contribution in [2.24, 2.45) is 0 Å². The number of carbonyl (C=O) groups excluding carboxylic acids is 3. The molecule has 0 saturated carbocycles. The molecule has 0 aliphatic carbocycles. The normalized spacial score (nSPS) is 14.6. The third-order valence-corrected chi connectivity index (χ3v) is 6.60. The van der Waals surface area contributed by atoms with Gasteiger partial charge in [0, 0.05) is 24.4 Å². The fraction of sp³-hybridized carbons (Fsp3) is 0.393. The first-order chi connectivity index (χ1) is 19.4. The molecule has 12 heteroatoms. The zero-order chi connectivity index (χ0) is 29.7. The highest BCUT2D eigenvalue weighted by atomic mass is 35.5. The fourth-order valence-electron chi connectivity index (χ4n) is 4.95. The van der Waals surface area contributed by atoms with Crippen molar-refractivity contribution in [1.82, 2.24) is 4.98 Å². The molecule has 5 rings (SSSR count). The third kappa shape index (κ3) is 4.85. The van der Waals surface area contributed by atoms with Gasteiger partial charge in [-0.2, -0.15) is 0 Å². The Bertz CT molecular complexity index is 1440. The van der Waals surface area contributed by atoms with Crippen molar-refractivity contribution in [2.75, 3.05) is 58.7 Å². The molecule has 0 spiro atoms. The van der Waals surface area contributed by atoms with Gasteiger partial charge in [-0.05, 0) is 24.1 Å². The van der Waals surface area contributed by atoms with Crippen molar-refractivity contribution in [1.29, 1.82) is 0 Å². The largest absolute Gasteiger partial charge is 0.494 e. The molecule has 40 heavy (non-hydrogen) atoms. The number of nitrogens with zero attached hydrogens (tertiary/aromatic N) is 1. The van der Waals surface area contributed by atoms with Crippen molar-refractivity contribution < 1.29 is 38.1 Å². The first kappa shape index (κ1) is 30.4. The first-order valence-electron chi connectivity index (χ1n) is 12.5. The number of aromatic nitrogens is 1. The second-order valence-electron chi connectivity index (χ2n) is 8.29. The minimum atomic E-state index is -1.15. The van der Waals surface area contributed by atoms with E-state index >= 15 is 0 Å². The van der Waals surface area contributed by atoms with Crippen molar-refractivity contribution >= 4 is 51.5 Å². The molecule has 1 unspecified atom stereocenters. The molecule has 2 aliphatic rings. The van der Waals surface area contributed by atoms with Gasteiger partial charge in [0.1, 0.15) is 11.4 Å². The van der Waals surface area contributed by atoms with Gasteiger partial charge in [-0.3, -0.25) is 9.59 Å². The maximum Gasteiger partial charge on any atom is 0.336 e. The summed E-state index contributed by atoms with van der Waals surface area (Å²) in [6, 6.07) is 4.02. The van der Waals surface area contributed by atoms with Gasteiger partial charge in [0.15, 0.2) is 23.3 Å². The van der Waals surface area contributed by atoms with E-state index in [1.165, 1.54) is 41.9 Å². The van der Waals surface area contributed by atoms with E-state index in [9.17, 15) is 14.4 Å². The number of nitrogens with one attached hydrogen (secondary N) is 2. The number of alkyl halides is 1. The summed E-state index contributed by atoms with van der Waals surface area (Å²) in [6.07, 6.45) is 1.92. The lowest BCUT2D eigenvalue weighted by molar-refractivity contribution is -0.140.